The Morgan fingerprint density at radius 3 is 2.60 bits per heavy atom. The van der Waals surface area contributed by atoms with Crippen molar-refractivity contribution in [2.45, 2.75) is 13.8 Å². The van der Waals surface area contributed by atoms with Gasteiger partial charge in [0.1, 0.15) is 0 Å². The first-order valence-electron chi connectivity index (χ1n) is 4.84. The number of anilines is 3. The third-order valence-corrected chi connectivity index (χ3v) is 3.23. The summed E-state index contributed by atoms with van der Waals surface area (Å²) < 4.78 is 0. The number of hydrogen-bond donors (Lipinski definition) is 2. The van der Waals surface area contributed by atoms with E-state index in [4.69, 9.17) is 5.73 Å². The number of aryl methyl sites for hydroxylation is 2. The van der Waals surface area contributed by atoms with E-state index < -0.39 is 0 Å². The topological polar surface area (TPSA) is 38.0 Å². The van der Waals surface area contributed by atoms with Crippen LogP contribution in [0.15, 0.2) is 29.6 Å². The minimum Gasteiger partial charge on any atom is -0.397 e. The van der Waals surface area contributed by atoms with Crippen LogP contribution >= 0.6 is 11.3 Å². The van der Waals surface area contributed by atoms with Crippen molar-refractivity contribution in [1.82, 2.24) is 0 Å². The van der Waals surface area contributed by atoms with Gasteiger partial charge in [-0.2, -0.15) is 0 Å². The van der Waals surface area contributed by atoms with Gasteiger partial charge in [-0.1, -0.05) is 0 Å². The summed E-state index contributed by atoms with van der Waals surface area (Å²) in [6.07, 6.45) is 0. The summed E-state index contributed by atoms with van der Waals surface area (Å²) >= 11 is 1.67. The van der Waals surface area contributed by atoms with E-state index in [1.807, 2.05) is 23.6 Å². The number of rotatable bonds is 2. The predicted octanol–water partition coefficient (Wildman–Crippen LogP) is 3.69. The molecule has 0 unspecified atom stereocenters. The van der Waals surface area contributed by atoms with Gasteiger partial charge in [0.15, 0.2) is 0 Å². The zero-order chi connectivity index (χ0) is 10.8. The van der Waals surface area contributed by atoms with Crippen LogP contribution in [0.1, 0.15) is 11.1 Å². The standard InChI is InChI=1S/C12H14N2S/c1-8-6-10(13)11(7-9(8)2)14-12-4-3-5-15-12/h3-7,14H,13H2,1-2H3. The first kappa shape index (κ1) is 10.1. The third kappa shape index (κ3) is 2.13. The van der Waals surface area contributed by atoms with Gasteiger partial charge in [-0.25, -0.2) is 0 Å². The van der Waals surface area contributed by atoms with Gasteiger partial charge in [0.05, 0.1) is 16.4 Å². The van der Waals surface area contributed by atoms with Crippen LogP contribution in [0.4, 0.5) is 16.4 Å². The fourth-order valence-corrected chi connectivity index (χ4v) is 2.06. The van der Waals surface area contributed by atoms with Gasteiger partial charge < -0.3 is 11.1 Å². The van der Waals surface area contributed by atoms with Gasteiger partial charge in [-0.3, -0.25) is 0 Å². The van der Waals surface area contributed by atoms with Crippen molar-refractivity contribution in [2.75, 3.05) is 11.1 Å². The van der Waals surface area contributed by atoms with Crippen molar-refractivity contribution in [3.63, 3.8) is 0 Å². The van der Waals surface area contributed by atoms with Crippen LogP contribution in [0.5, 0.6) is 0 Å². The minimum absolute atomic E-state index is 0.798. The molecule has 3 heteroatoms. The van der Waals surface area contributed by atoms with E-state index >= 15 is 0 Å². The molecule has 0 saturated carbocycles. The van der Waals surface area contributed by atoms with Crippen LogP contribution in [0, 0.1) is 13.8 Å². The monoisotopic (exact) mass is 218 g/mol. The van der Waals surface area contributed by atoms with Gasteiger partial charge in [-0.15, -0.1) is 11.3 Å². The summed E-state index contributed by atoms with van der Waals surface area (Å²) in [4.78, 5) is 0. The van der Waals surface area contributed by atoms with Crippen LogP contribution in [0.3, 0.4) is 0 Å². The van der Waals surface area contributed by atoms with Crippen molar-refractivity contribution in [3.8, 4) is 0 Å². The molecule has 0 aliphatic rings. The highest BCUT2D eigenvalue weighted by Crippen LogP contribution is 2.28. The van der Waals surface area contributed by atoms with Gasteiger partial charge in [0.25, 0.3) is 0 Å². The fourth-order valence-electron chi connectivity index (χ4n) is 1.43. The lowest BCUT2D eigenvalue weighted by molar-refractivity contribution is 1.34. The molecular weight excluding hydrogens is 204 g/mol. The Kier molecular flexibility index (Phi) is 2.64. The van der Waals surface area contributed by atoms with Crippen LogP contribution in [0.2, 0.25) is 0 Å². The third-order valence-electron chi connectivity index (χ3n) is 2.44. The predicted molar refractivity (Wildman–Crippen MR) is 67.9 cm³/mol. The largest absolute Gasteiger partial charge is 0.397 e. The molecule has 2 aromatic rings. The number of benzene rings is 1. The number of thiophene rings is 1. The van der Waals surface area contributed by atoms with E-state index in [9.17, 15) is 0 Å². The average Bonchev–Trinajstić information content (AvgIpc) is 2.67. The minimum atomic E-state index is 0.798. The van der Waals surface area contributed by atoms with Crippen LogP contribution < -0.4 is 11.1 Å². The first-order valence-corrected chi connectivity index (χ1v) is 5.72. The zero-order valence-corrected chi connectivity index (χ0v) is 9.69. The van der Waals surface area contributed by atoms with Crippen LogP contribution in [0.25, 0.3) is 0 Å². The Morgan fingerprint density at radius 1 is 1.20 bits per heavy atom. The van der Waals surface area contributed by atoms with E-state index in [2.05, 4.69) is 25.2 Å². The van der Waals surface area contributed by atoms with Gasteiger partial charge >= 0.3 is 0 Å². The number of nitrogen functional groups attached to an aromatic ring is 1. The quantitative estimate of drug-likeness (QED) is 0.754. The summed E-state index contributed by atoms with van der Waals surface area (Å²) in [5.74, 6) is 0. The van der Waals surface area contributed by atoms with Crippen LogP contribution in [-0.4, -0.2) is 0 Å². The molecule has 2 rings (SSSR count). The fraction of sp³-hybridized carbons (Fsp3) is 0.167. The molecule has 0 radical (unpaired) electrons. The van der Waals surface area contributed by atoms with Crippen molar-refractivity contribution < 1.29 is 0 Å². The van der Waals surface area contributed by atoms with E-state index in [-0.39, 0.29) is 0 Å². The highest BCUT2D eigenvalue weighted by Gasteiger charge is 2.03. The molecule has 2 nitrogen and oxygen atoms in total. The number of nitrogens with one attached hydrogen (secondary N) is 1. The highest BCUT2D eigenvalue weighted by molar-refractivity contribution is 7.14. The molecule has 0 atom stereocenters. The summed E-state index contributed by atoms with van der Waals surface area (Å²) in [6.45, 7) is 4.16. The van der Waals surface area contributed by atoms with Gasteiger partial charge in [0, 0.05) is 0 Å². The molecule has 1 aromatic heterocycles. The molecular formula is C12H14N2S. The lowest BCUT2D eigenvalue weighted by Gasteiger charge is -2.10. The Bertz CT molecular complexity index is 461. The normalized spacial score (nSPS) is 10.3. The lowest BCUT2D eigenvalue weighted by atomic mass is 10.1. The van der Waals surface area contributed by atoms with Crippen molar-refractivity contribution in [1.29, 1.82) is 0 Å². The van der Waals surface area contributed by atoms with E-state index in [1.54, 1.807) is 11.3 Å². The lowest BCUT2D eigenvalue weighted by Crippen LogP contribution is -1.97. The van der Waals surface area contributed by atoms with Crippen LogP contribution in [-0.2, 0) is 0 Å². The molecule has 1 aromatic carbocycles. The van der Waals surface area contributed by atoms with E-state index in [0.29, 0.717) is 0 Å². The summed E-state index contributed by atoms with van der Waals surface area (Å²) in [6, 6.07) is 8.15. The molecule has 0 amide bonds. The van der Waals surface area contributed by atoms with Gasteiger partial charge in [0.2, 0.25) is 0 Å². The maximum absolute atomic E-state index is 5.95. The molecule has 78 valence electrons. The molecule has 0 aliphatic carbocycles. The number of hydrogen-bond acceptors (Lipinski definition) is 3. The zero-order valence-electron chi connectivity index (χ0n) is 8.87. The van der Waals surface area contributed by atoms with Crippen molar-refractivity contribution in [3.05, 3.63) is 40.8 Å². The molecule has 0 bridgehead atoms. The number of nitrogens with two attached hydrogens (primary N) is 1. The summed E-state index contributed by atoms with van der Waals surface area (Å²) in [5, 5.41) is 6.47. The van der Waals surface area contributed by atoms with E-state index in [0.717, 1.165) is 16.4 Å². The highest BCUT2D eigenvalue weighted by atomic mass is 32.1. The molecule has 0 aliphatic heterocycles. The average molecular weight is 218 g/mol. The molecule has 0 saturated heterocycles. The molecule has 1 heterocycles. The van der Waals surface area contributed by atoms with E-state index in [1.165, 1.54) is 11.1 Å². The van der Waals surface area contributed by atoms with Crippen molar-refractivity contribution >= 4 is 27.7 Å². The maximum atomic E-state index is 5.95. The molecule has 0 fully saturated rings. The molecule has 0 spiro atoms. The Hall–Kier alpha value is -1.48. The molecule has 15 heavy (non-hydrogen) atoms. The summed E-state index contributed by atoms with van der Waals surface area (Å²) in [7, 11) is 0. The Balaban J connectivity index is 2.33. The second-order valence-corrected chi connectivity index (χ2v) is 4.57. The maximum Gasteiger partial charge on any atom is 0.0927 e. The molecule has 3 N–H and O–H groups in total. The Labute approximate surface area is 93.7 Å². The first-order chi connectivity index (χ1) is 7.16. The second kappa shape index (κ2) is 3.95. The Morgan fingerprint density at radius 2 is 1.93 bits per heavy atom. The van der Waals surface area contributed by atoms with Gasteiger partial charge in [-0.05, 0) is 54.6 Å². The smallest absolute Gasteiger partial charge is 0.0927 e. The summed E-state index contributed by atoms with van der Waals surface area (Å²) in [5.41, 5.74) is 10.2. The second-order valence-electron chi connectivity index (χ2n) is 3.63. The van der Waals surface area contributed by atoms with Crippen molar-refractivity contribution in [2.24, 2.45) is 0 Å². The SMILES string of the molecule is Cc1cc(N)c(Nc2cccs2)cc1C.